The number of anilines is 1. The van der Waals surface area contributed by atoms with E-state index in [1.54, 1.807) is 52.7 Å². The molecule has 7 bridgehead atoms. The van der Waals surface area contributed by atoms with Gasteiger partial charge in [-0.05, 0) is 43.9 Å². The molecular weight excluding hydrogens is 620 g/mol. The highest BCUT2D eigenvalue weighted by molar-refractivity contribution is 6.21. The van der Waals surface area contributed by atoms with E-state index in [0.29, 0.717) is 25.9 Å². The fraction of sp³-hybridized carbons (Fsp3) is 0.750. The molecule has 0 radical (unpaired) electrons. The number of likely N-dealkylation sites (N-methyl/N-ethyl adjacent to an activating group) is 1. The molecule has 12 nitrogen and oxygen atoms in total. The quantitative estimate of drug-likeness (QED) is 0.294. The number of methoxy groups -OCH3 is 4. The number of esters is 1. The lowest BCUT2D eigenvalue weighted by Gasteiger charge is -2.70. The topological polar surface area (TPSA) is 144 Å². The molecule has 13 atom stereocenters. The Morgan fingerprint density at radius 3 is 2.38 bits per heavy atom. The molecule has 0 aromatic heterocycles. The minimum absolute atomic E-state index is 0.0394. The second-order valence-corrected chi connectivity index (χ2v) is 15.4. The summed E-state index contributed by atoms with van der Waals surface area (Å²) in [5.41, 5.74) is -4.15. The highest BCUT2D eigenvalue weighted by Crippen LogP contribution is 2.80. The van der Waals surface area contributed by atoms with Crippen molar-refractivity contribution in [3.05, 3.63) is 29.8 Å². The van der Waals surface area contributed by atoms with Gasteiger partial charge in [-0.25, -0.2) is 9.69 Å². The van der Waals surface area contributed by atoms with E-state index in [2.05, 4.69) is 11.8 Å². The molecule has 5 saturated carbocycles. The smallest absolute Gasteiger partial charge is 0.340 e. The number of carbonyl (C=O) groups is 3. The number of ether oxygens (including phenoxy) is 5. The maximum Gasteiger partial charge on any atom is 0.340 e. The van der Waals surface area contributed by atoms with E-state index in [9.17, 15) is 24.6 Å². The first-order chi connectivity index (χ1) is 23.0. The molecule has 48 heavy (non-hydrogen) atoms. The van der Waals surface area contributed by atoms with Crippen LogP contribution in [0.25, 0.3) is 0 Å². The molecule has 5 aliphatic carbocycles. The Morgan fingerprint density at radius 2 is 1.73 bits per heavy atom. The van der Waals surface area contributed by atoms with Crippen LogP contribution in [0.3, 0.4) is 0 Å². The SMILES string of the molecule is CCN1C[C@]2(COC(=O)c3ccccc3N3C(=O)CCC3=O)CC[C@H](OC)[C@@]34[C@@H]5C[C@H]6[C@H](OC)[C@@H]5[C@](O)(C[C@@H]6OC)[C@@](O)([C@@H](OC)[C@@H]23)[C@@H]14. The van der Waals surface area contributed by atoms with Gasteiger partial charge in [0.25, 0.3) is 0 Å². The Hall–Kier alpha value is -2.45. The van der Waals surface area contributed by atoms with Crippen LogP contribution in [0.4, 0.5) is 5.69 Å². The van der Waals surface area contributed by atoms with Crippen molar-refractivity contribution >= 4 is 23.5 Å². The number of carbonyl (C=O) groups excluding carboxylic acids is 3. The molecular formula is C36H48N2O10. The van der Waals surface area contributed by atoms with E-state index in [1.807, 2.05) is 0 Å². The van der Waals surface area contributed by atoms with Crippen LogP contribution in [-0.2, 0) is 33.3 Å². The molecule has 2 N–H and O–H groups in total. The van der Waals surface area contributed by atoms with Crippen molar-refractivity contribution in [1.82, 2.24) is 4.90 Å². The van der Waals surface area contributed by atoms with Gasteiger partial charge >= 0.3 is 5.97 Å². The fourth-order valence-corrected chi connectivity index (χ4v) is 13.0. The minimum atomic E-state index is -1.69. The number of imide groups is 1. The van der Waals surface area contributed by atoms with E-state index in [1.165, 1.54) is 0 Å². The zero-order valence-corrected chi connectivity index (χ0v) is 28.4. The van der Waals surface area contributed by atoms with Crippen LogP contribution in [0.1, 0.15) is 55.8 Å². The number of benzene rings is 1. The molecule has 1 aromatic rings. The van der Waals surface area contributed by atoms with Crippen LogP contribution in [0.2, 0.25) is 0 Å². The van der Waals surface area contributed by atoms with Crippen molar-refractivity contribution in [2.24, 2.45) is 34.5 Å². The van der Waals surface area contributed by atoms with Gasteiger partial charge in [0.15, 0.2) is 0 Å². The molecule has 2 amide bonds. The maximum atomic E-state index is 14.0. The summed E-state index contributed by atoms with van der Waals surface area (Å²) >= 11 is 0. The molecule has 12 heteroatoms. The number of rotatable bonds is 9. The number of likely N-dealkylation sites (tertiary alicyclic amines) is 1. The highest BCUT2D eigenvalue weighted by Gasteiger charge is 2.91. The predicted octanol–water partition coefficient (Wildman–Crippen LogP) is 1.79. The van der Waals surface area contributed by atoms with Crippen molar-refractivity contribution in [2.45, 2.75) is 87.1 Å². The minimum Gasteiger partial charge on any atom is -0.461 e. The Bertz CT molecular complexity index is 1510. The number of fused-ring (bicyclic) bond motifs is 2. The lowest BCUT2D eigenvalue weighted by atomic mass is 9.42. The normalized spacial score (nSPS) is 47.1. The van der Waals surface area contributed by atoms with Crippen molar-refractivity contribution in [3.63, 3.8) is 0 Å². The second-order valence-electron chi connectivity index (χ2n) is 15.4. The predicted molar refractivity (Wildman–Crippen MR) is 170 cm³/mol. The number of aliphatic hydroxyl groups is 2. The van der Waals surface area contributed by atoms with E-state index < -0.39 is 40.1 Å². The van der Waals surface area contributed by atoms with E-state index in [4.69, 9.17) is 23.7 Å². The summed E-state index contributed by atoms with van der Waals surface area (Å²) in [6.45, 7) is 3.24. The van der Waals surface area contributed by atoms with Gasteiger partial charge in [-0.2, -0.15) is 0 Å². The number of hydrogen-bond acceptors (Lipinski definition) is 11. The summed E-state index contributed by atoms with van der Waals surface area (Å²) in [6.07, 6.45) is 0.951. The summed E-state index contributed by atoms with van der Waals surface area (Å²) in [7, 11) is 6.70. The number of hydrogen-bond donors (Lipinski definition) is 2. The van der Waals surface area contributed by atoms with Crippen LogP contribution in [0.15, 0.2) is 24.3 Å². The third-order valence-electron chi connectivity index (χ3n) is 14.2. The third-order valence-corrected chi connectivity index (χ3v) is 14.2. The Balaban J connectivity index is 1.24. The largest absolute Gasteiger partial charge is 0.461 e. The van der Waals surface area contributed by atoms with Crippen LogP contribution >= 0.6 is 0 Å². The standard InChI is InChI=1S/C36H48N2O10/c1-6-37-17-33(18-48-31(41)19-9-7-8-10-22(19)38-25(39)11-12-26(38)40)14-13-24(45-3)35-21-15-20-23(44-2)16-34(42,27(21)28(20)46-4)36(43,32(35)37)30(47-5)29(33)35/h7-10,20-21,23-24,27-30,32,42-43H,6,11-18H2,1-5H3/t20-,21-,23+,24+,27-,28+,29+,30+,32+,33+,34-,35+,36-/m1/s1. The highest BCUT2D eigenvalue weighted by atomic mass is 16.5. The van der Waals surface area contributed by atoms with Crippen molar-refractivity contribution in [1.29, 1.82) is 0 Å². The van der Waals surface area contributed by atoms with Gasteiger partial charge in [-0.3, -0.25) is 14.5 Å². The molecule has 0 unspecified atom stereocenters. The van der Waals surface area contributed by atoms with Crippen LogP contribution < -0.4 is 4.90 Å². The van der Waals surface area contributed by atoms with Crippen LogP contribution in [0, 0.1) is 34.5 Å². The van der Waals surface area contributed by atoms with Gasteiger partial charge in [0.2, 0.25) is 11.8 Å². The summed E-state index contributed by atoms with van der Waals surface area (Å²) in [4.78, 5) is 42.6. The van der Waals surface area contributed by atoms with Gasteiger partial charge in [-0.1, -0.05) is 19.1 Å². The van der Waals surface area contributed by atoms with Crippen LogP contribution in [-0.4, -0.2) is 123 Å². The molecule has 2 heterocycles. The molecule has 7 aliphatic rings. The van der Waals surface area contributed by atoms with Crippen LogP contribution in [0.5, 0.6) is 0 Å². The molecule has 2 saturated heterocycles. The Kier molecular flexibility index (Phi) is 7.52. The summed E-state index contributed by atoms with van der Waals surface area (Å²) in [5, 5.41) is 26.5. The van der Waals surface area contributed by atoms with Gasteiger partial charge in [0, 0.05) is 82.8 Å². The van der Waals surface area contributed by atoms with E-state index >= 15 is 0 Å². The van der Waals surface area contributed by atoms with E-state index in [0.717, 1.165) is 11.3 Å². The van der Waals surface area contributed by atoms with Gasteiger partial charge < -0.3 is 33.9 Å². The molecule has 1 aromatic carbocycles. The monoisotopic (exact) mass is 668 g/mol. The number of piperidine rings is 1. The zero-order valence-electron chi connectivity index (χ0n) is 28.4. The summed E-state index contributed by atoms with van der Waals surface area (Å²) < 4.78 is 31.3. The van der Waals surface area contributed by atoms with Crippen molar-refractivity contribution in [2.75, 3.05) is 53.0 Å². The number of nitrogens with zero attached hydrogens (tertiary/aromatic N) is 2. The Labute approximate surface area is 280 Å². The number of amides is 2. The first-order valence-corrected chi connectivity index (χ1v) is 17.5. The molecule has 7 fully saturated rings. The number of para-hydroxylation sites is 1. The van der Waals surface area contributed by atoms with Gasteiger partial charge in [0.1, 0.15) is 11.2 Å². The third kappa shape index (κ3) is 3.67. The first kappa shape index (κ1) is 32.7. The molecule has 262 valence electrons. The first-order valence-electron chi connectivity index (χ1n) is 17.5. The van der Waals surface area contributed by atoms with Crippen molar-refractivity contribution < 1.29 is 48.3 Å². The molecule has 8 rings (SSSR count). The lowest BCUT2D eigenvalue weighted by molar-refractivity contribution is -0.320. The second kappa shape index (κ2) is 11.0. The fourth-order valence-electron chi connectivity index (χ4n) is 13.0. The summed E-state index contributed by atoms with van der Waals surface area (Å²) in [5.74, 6) is -2.00. The van der Waals surface area contributed by atoms with Crippen molar-refractivity contribution in [3.8, 4) is 0 Å². The van der Waals surface area contributed by atoms with E-state index in [-0.39, 0.29) is 90.9 Å². The van der Waals surface area contributed by atoms with Gasteiger partial charge in [0.05, 0.1) is 48.3 Å². The maximum absolute atomic E-state index is 14.0. The average Bonchev–Trinajstić information content (AvgIpc) is 3.66. The lowest BCUT2D eigenvalue weighted by Crippen LogP contribution is -2.82. The van der Waals surface area contributed by atoms with Gasteiger partial charge in [-0.15, -0.1) is 0 Å². The molecule has 2 aliphatic heterocycles. The summed E-state index contributed by atoms with van der Waals surface area (Å²) in [6, 6.07) is 6.11. The molecule has 1 spiro atoms. The Morgan fingerprint density at radius 1 is 1.00 bits per heavy atom. The zero-order chi connectivity index (χ0) is 34.0. The average molecular weight is 669 g/mol.